The van der Waals surface area contributed by atoms with Gasteiger partial charge in [-0.05, 0) is 44.2 Å². The molecule has 0 bridgehead atoms. The van der Waals surface area contributed by atoms with E-state index in [1.54, 1.807) is 0 Å². The number of benzene rings is 1. The molecule has 25 heavy (non-hydrogen) atoms. The van der Waals surface area contributed by atoms with Crippen LogP contribution in [-0.4, -0.2) is 57.4 Å². The molecule has 1 heterocycles. The van der Waals surface area contributed by atoms with Crippen LogP contribution in [0.15, 0.2) is 35.3 Å². The second-order valence-electron chi connectivity index (χ2n) is 6.16. The highest BCUT2D eigenvalue weighted by Crippen LogP contribution is 2.18. The Kier molecular flexibility index (Phi) is 11.6. The van der Waals surface area contributed by atoms with Crippen molar-refractivity contribution in [3.8, 4) is 5.75 Å². The van der Waals surface area contributed by atoms with Gasteiger partial charge in [-0.25, -0.2) is 4.99 Å². The first kappa shape index (κ1) is 22.0. The molecule has 1 saturated heterocycles. The van der Waals surface area contributed by atoms with E-state index in [0.29, 0.717) is 13.2 Å². The SMILES string of the molecule is CCNC(=NCCOc1ccccc1)N(C)CCC1CCOCC1.I. The third-order valence-corrected chi connectivity index (χ3v) is 4.27. The molecule has 5 nitrogen and oxygen atoms in total. The molecule has 1 aliphatic rings. The molecule has 0 amide bonds. The fraction of sp³-hybridized carbons (Fsp3) is 0.632. The monoisotopic (exact) mass is 461 g/mol. The average Bonchev–Trinajstić information content (AvgIpc) is 2.64. The second kappa shape index (κ2) is 13.2. The minimum atomic E-state index is 0. The molecule has 0 aliphatic carbocycles. The van der Waals surface area contributed by atoms with Crippen LogP contribution in [-0.2, 0) is 4.74 Å². The standard InChI is InChI=1S/C19H31N3O2.HI/c1-3-20-19(21-12-16-24-18-7-5-4-6-8-18)22(2)13-9-17-10-14-23-15-11-17;/h4-8,17H,3,9-16H2,1-2H3,(H,20,21);1H. The van der Waals surface area contributed by atoms with Crippen LogP contribution in [0.5, 0.6) is 5.75 Å². The van der Waals surface area contributed by atoms with E-state index in [4.69, 9.17) is 9.47 Å². The van der Waals surface area contributed by atoms with Crippen LogP contribution in [0.4, 0.5) is 0 Å². The first-order valence-electron chi connectivity index (χ1n) is 9.04. The van der Waals surface area contributed by atoms with E-state index in [1.165, 1.54) is 19.3 Å². The van der Waals surface area contributed by atoms with Gasteiger partial charge in [-0.2, -0.15) is 0 Å². The van der Waals surface area contributed by atoms with Crippen LogP contribution in [0.3, 0.4) is 0 Å². The molecule has 0 saturated carbocycles. The Balaban J connectivity index is 0.00000312. The summed E-state index contributed by atoms with van der Waals surface area (Å²) in [5.74, 6) is 2.64. The predicted molar refractivity (Wildman–Crippen MR) is 114 cm³/mol. The molecule has 0 spiro atoms. The van der Waals surface area contributed by atoms with Gasteiger partial charge in [0, 0.05) is 33.4 Å². The van der Waals surface area contributed by atoms with Crippen LogP contribution in [0.2, 0.25) is 0 Å². The van der Waals surface area contributed by atoms with Crippen molar-refractivity contribution in [2.45, 2.75) is 26.2 Å². The minimum Gasteiger partial charge on any atom is -0.492 e. The van der Waals surface area contributed by atoms with Crippen molar-refractivity contribution in [3.05, 3.63) is 30.3 Å². The maximum Gasteiger partial charge on any atom is 0.193 e. The van der Waals surface area contributed by atoms with Gasteiger partial charge in [-0.3, -0.25) is 0 Å². The van der Waals surface area contributed by atoms with E-state index in [1.807, 2.05) is 30.3 Å². The molecule has 1 aliphatic heterocycles. The fourth-order valence-corrected chi connectivity index (χ4v) is 2.82. The van der Waals surface area contributed by atoms with Crippen molar-refractivity contribution in [3.63, 3.8) is 0 Å². The number of hydrogen-bond acceptors (Lipinski definition) is 3. The molecular formula is C19H32IN3O2. The summed E-state index contributed by atoms with van der Waals surface area (Å²) in [6.07, 6.45) is 3.57. The van der Waals surface area contributed by atoms with Crippen LogP contribution in [0, 0.1) is 5.92 Å². The minimum absolute atomic E-state index is 0. The van der Waals surface area contributed by atoms with Crippen molar-refractivity contribution in [2.24, 2.45) is 10.9 Å². The zero-order chi connectivity index (χ0) is 17.0. The summed E-state index contributed by atoms with van der Waals surface area (Å²) in [4.78, 5) is 6.90. The van der Waals surface area contributed by atoms with Gasteiger partial charge in [0.2, 0.25) is 0 Å². The number of guanidine groups is 1. The van der Waals surface area contributed by atoms with Gasteiger partial charge in [-0.15, -0.1) is 24.0 Å². The number of ether oxygens (including phenoxy) is 2. The summed E-state index contributed by atoms with van der Waals surface area (Å²) in [6, 6.07) is 9.88. The summed E-state index contributed by atoms with van der Waals surface area (Å²) < 4.78 is 11.1. The van der Waals surface area contributed by atoms with Gasteiger partial charge >= 0.3 is 0 Å². The maximum atomic E-state index is 5.70. The molecule has 0 unspecified atom stereocenters. The summed E-state index contributed by atoms with van der Waals surface area (Å²) in [5, 5.41) is 3.36. The van der Waals surface area contributed by atoms with Crippen LogP contribution in [0.1, 0.15) is 26.2 Å². The quantitative estimate of drug-likeness (QED) is 0.279. The lowest BCUT2D eigenvalue weighted by Gasteiger charge is -2.26. The Morgan fingerprint density at radius 2 is 2.00 bits per heavy atom. The molecule has 142 valence electrons. The second-order valence-corrected chi connectivity index (χ2v) is 6.16. The number of para-hydroxylation sites is 1. The molecule has 1 aromatic carbocycles. The molecule has 2 rings (SSSR count). The normalized spacial score (nSPS) is 15.4. The van der Waals surface area contributed by atoms with Crippen molar-refractivity contribution >= 4 is 29.9 Å². The van der Waals surface area contributed by atoms with Gasteiger partial charge in [-0.1, -0.05) is 18.2 Å². The topological polar surface area (TPSA) is 46.1 Å². The first-order chi connectivity index (χ1) is 11.8. The van der Waals surface area contributed by atoms with E-state index >= 15 is 0 Å². The third-order valence-electron chi connectivity index (χ3n) is 4.27. The zero-order valence-corrected chi connectivity index (χ0v) is 17.8. The van der Waals surface area contributed by atoms with Crippen molar-refractivity contribution < 1.29 is 9.47 Å². The molecular weight excluding hydrogens is 429 g/mol. The number of rotatable bonds is 8. The van der Waals surface area contributed by atoms with E-state index in [9.17, 15) is 0 Å². The van der Waals surface area contributed by atoms with Crippen LogP contribution in [0.25, 0.3) is 0 Å². The van der Waals surface area contributed by atoms with Gasteiger partial charge in [0.05, 0.1) is 6.54 Å². The highest BCUT2D eigenvalue weighted by atomic mass is 127. The first-order valence-corrected chi connectivity index (χ1v) is 9.04. The molecule has 1 fully saturated rings. The number of halogens is 1. The maximum absolute atomic E-state index is 5.70. The van der Waals surface area contributed by atoms with Crippen LogP contribution >= 0.6 is 24.0 Å². The van der Waals surface area contributed by atoms with Gasteiger partial charge in [0.1, 0.15) is 12.4 Å². The molecule has 6 heteroatoms. The summed E-state index contributed by atoms with van der Waals surface area (Å²) in [6.45, 7) is 7.07. The Bertz CT molecular complexity index is 479. The average molecular weight is 461 g/mol. The van der Waals surface area contributed by atoms with Crippen molar-refractivity contribution in [1.82, 2.24) is 10.2 Å². The lowest BCUT2D eigenvalue weighted by Crippen LogP contribution is -2.40. The van der Waals surface area contributed by atoms with E-state index < -0.39 is 0 Å². The molecule has 0 atom stereocenters. The molecule has 0 aromatic heterocycles. The highest BCUT2D eigenvalue weighted by Gasteiger charge is 2.15. The number of nitrogens with one attached hydrogen (secondary N) is 1. The third kappa shape index (κ3) is 8.76. The smallest absolute Gasteiger partial charge is 0.193 e. The predicted octanol–water partition coefficient (Wildman–Crippen LogP) is 3.40. The lowest BCUT2D eigenvalue weighted by molar-refractivity contribution is 0.0625. The number of aliphatic imine (C=N–C) groups is 1. The van der Waals surface area contributed by atoms with Crippen molar-refractivity contribution in [1.29, 1.82) is 0 Å². The lowest BCUT2D eigenvalue weighted by atomic mass is 9.96. The Morgan fingerprint density at radius 1 is 1.28 bits per heavy atom. The van der Waals surface area contributed by atoms with Gasteiger partial charge in [0.25, 0.3) is 0 Å². The van der Waals surface area contributed by atoms with Crippen LogP contribution < -0.4 is 10.1 Å². The summed E-state index contributed by atoms with van der Waals surface area (Å²) >= 11 is 0. The van der Waals surface area contributed by atoms with Gasteiger partial charge < -0.3 is 19.7 Å². The van der Waals surface area contributed by atoms with E-state index in [0.717, 1.165) is 43.9 Å². The Hall–Kier alpha value is -1.02. The Labute approximate surface area is 169 Å². The zero-order valence-electron chi connectivity index (χ0n) is 15.4. The number of nitrogens with zero attached hydrogens (tertiary/aromatic N) is 2. The molecule has 1 N–H and O–H groups in total. The summed E-state index contributed by atoms with van der Waals surface area (Å²) in [5.41, 5.74) is 0. The van der Waals surface area contributed by atoms with E-state index in [2.05, 4.69) is 29.2 Å². The largest absolute Gasteiger partial charge is 0.492 e. The van der Waals surface area contributed by atoms with Crippen molar-refractivity contribution in [2.75, 3.05) is 46.5 Å². The molecule has 0 radical (unpaired) electrons. The Morgan fingerprint density at radius 3 is 2.68 bits per heavy atom. The summed E-state index contributed by atoms with van der Waals surface area (Å²) in [7, 11) is 2.11. The number of hydrogen-bond donors (Lipinski definition) is 1. The fourth-order valence-electron chi connectivity index (χ4n) is 2.82. The molecule has 1 aromatic rings. The highest BCUT2D eigenvalue weighted by molar-refractivity contribution is 14.0. The van der Waals surface area contributed by atoms with E-state index in [-0.39, 0.29) is 24.0 Å². The van der Waals surface area contributed by atoms with Gasteiger partial charge in [0.15, 0.2) is 5.96 Å².